The van der Waals surface area contributed by atoms with Crippen LogP contribution >= 0.6 is 0 Å². The number of benzene rings is 2. The van der Waals surface area contributed by atoms with Crippen molar-refractivity contribution in [2.45, 2.75) is 24.8 Å². The van der Waals surface area contributed by atoms with Crippen LogP contribution in [0.2, 0.25) is 0 Å². The maximum atomic E-state index is 13.6. The molecule has 1 N–H and O–H groups in total. The van der Waals surface area contributed by atoms with Gasteiger partial charge in [0, 0.05) is 44.0 Å². The summed E-state index contributed by atoms with van der Waals surface area (Å²) in [4.78, 5) is 28.2. The number of carbonyl (C=O) groups is 2. The fourth-order valence-electron chi connectivity index (χ4n) is 4.21. The van der Waals surface area contributed by atoms with Gasteiger partial charge in [0.1, 0.15) is 6.04 Å². The summed E-state index contributed by atoms with van der Waals surface area (Å²) in [6.07, 6.45) is 0. The number of aromatic nitrogens is 2. The van der Waals surface area contributed by atoms with Gasteiger partial charge in [-0.3, -0.25) is 9.59 Å². The molecule has 1 saturated heterocycles. The van der Waals surface area contributed by atoms with Gasteiger partial charge in [-0.15, -0.1) is 0 Å². The van der Waals surface area contributed by atoms with Gasteiger partial charge in [-0.05, 0) is 44.2 Å². The van der Waals surface area contributed by atoms with E-state index in [1.807, 2.05) is 44.2 Å². The van der Waals surface area contributed by atoms with Crippen molar-refractivity contribution in [1.29, 1.82) is 0 Å². The summed E-state index contributed by atoms with van der Waals surface area (Å²) in [5, 5.41) is 7.48. The Hall–Kier alpha value is -3.50. The molecule has 0 unspecified atom stereocenters. The van der Waals surface area contributed by atoms with Crippen LogP contribution in [-0.2, 0) is 14.8 Å². The minimum Gasteiger partial charge on any atom is -0.352 e. The molecule has 10 heteroatoms. The summed E-state index contributed by atoms with van der Waals surface area (Å²) >= 11 is 0. The molecule has 0 bridgehead atoms. The predicted molar refractivity (Wildman–Crippen MR) is 127 cm³/mol. The van der Waals surface area contributed by atoms with Crippen molar-refractivity contribution in [2.24, 2.45) is 0 Å². The Morgan fingerprint density at radius 1 is 1.09 bits per heavy atom. The smallest absolute Gasteiger partial charge is 0.254 e. The Morgan fingerprint density at radius 2 is 1.79 bits per heavy atom. The number of nitrogens with zero attached hydrogens (tertiary/aromatic N) is 4. The number of para-hydroxylation sites is 1. The van der Waals surface area contributed by atoms with E-state index in [1.54, 1.807) is 10.7 Å². The lowest BCUT2D eigenvalue weighted by Gasteiger charge is -2.35. The van der Waals surface area contributed by atoms with E-state index in [9.17, 15) is 18.0 Å². The molecule has 0 radical (unpaired) electrons. The third-order valence-electron chi connectivity index (χ3n) is 5.95. The van der Waals surface area contributed by atoms with Crippen LogP contribution in [0.1, 0.15) is 33.4 Å². The van der Waals surface area contributed by atoms with Crippen molar-refractivity contribution in [3.05, 3.63) is 77.1 Å². The highest BCUT2D eigenvalue weighted by molar-refractivity contribution is 7.89. The lowest BCUT2D eigenvalue weighted by Crippen LogP contribution is -2.52. The first-order valence-electron chi connectivity index (χ1n) is 10.9. The number of rotatable bonds is 5. The number of hydrogen-bond donors (Lipinski definition) is 1. The quantitative estimate of drug-likeness (QED) is 0.601. The van der Waals surface area contributed by atoms with Crippen LogP contribution in [0.4, 0.5) is 0 Å². The van der Waals surface area contributed by atoms with Crippen LogP contribution in [-0.4, -0.2) is 66.4 Å². The zero-order chi connectivity index (χ0) is 24.6. The van der Waals surface area contributed by atoms with Gasteiger partial charge >= 0.3 is 0 Å². The fraction of sp³-hybridized carbons (Fsp3) is 0.292. The zero-order valence-corrected chi connectivity index (χ0v) is 20.3. The second-order valence-corrected chi connectivity index (χ2v) is 10.5. The molecule has 4 rings (SSSR count). The molecule has 2 aromatic carbocycles. The SMILES string of the molecule is Cc1nn(-c2ccccc2)c(C)c1[C@H]1C(=O)NCCN1C(=O)c1cccc(S(=O)(=O)N(C)C)c1. The van der Waals surface area contributed by atoms with Gasteiger partial charge in [-0.25, -0.2) is 17.4 Å². The second kappa shape index (κ2) is 9.03. The summed E-state index contributed by atoms with van der Waals surface area (Å²) < 4.78 is 28.0. The highest BCUT2D eigenvalue weighted by Gasteiger charge is 2.38. The van der Waals surface area contributed by atoms with Gasteiger partial charge in [-0.2, -0.15) is 5.10 Å². The number of piperazine rings is 1. The molecule has 1 aliphatic rings. The van der Waals surface area contributed by atoms with Crippen molar-refractivity contribution in [1.82, 2.24) is 24.3 Å². The maximum absolute atomic E-state index is 13.6. The molecular formula is C24H27N5O4S. The minimum absolute atomic E-state index is 0.0191. The van der Waals surface area contributed by atoms with Crippen molar-refractivity contribution in [3.8, 4) is 5.69 Å². The van der Waals surface area contributed by atoms with E-state index in [0.717, 1.165) is 15.7 Å². The Labute approximate surface area is 199 Å². The monoisotopic (exact) mass is 481 g/mol. The van der Waals surface area contributed by atoms with Crippen LogP contribution in [0.15, 0.2) is 59.5 Å². The molecule has 2 amide bonds. The lowest BCUT2D eigenvalue weighted by atomic mass is 9.99. The average molecular weight is 482 g/mol. The average Bonchev–Trinajstić information content (AvgIpc) is 3.12. The third kappa shape index (κ3) is 4.10. The van der Waals surface area contributed by atoms with Gasteiger partial charge in [0.05, 0.1) is 16.3 Å². The largest absolute Gasteiger partial charge is 0.352 e. The fourth-order valence-corrected chi connectivity index (χ4v) is 5.16. The number of aryl methyl sites for hydroxylation is 1. The van der Waals surface area contributed by atoms with Crippen molar-refractivity contribution >= 4 is 21.8 Å². The van der Waals surface area contributed by atoms with E-state index < -0.39 is 22.0 Å². The van der Waals surface area contributed by atoms with Gasteiger partial charge in [0.2, 0.25) is 15.9 Å². The molecule has 34 heavy (non-hydrogen) atoms. The van der Waals surface area contributed by atoms with Gasteiger partial charge in [0.25, 0.3) is 5.91 Å². The summed E-state index contributed by atoms with van der Waals surface area (Å²) in [5.41, 5.74) is 3.11. The molecule has 3 aromatic rings. The molecule has 178 valence electrons. The highest BCUT2D eigenvalue weighted by atomic mass is 32.2. The first kappa shape index (κ1) is 23.7. The molecule has 0 saturated carbocycles. The van der Waals surface area contributed by atoms with Crippen molar-refractivity contribution in [3.63, 3.8) is 0 Å². The van der Waals surface area contributed by atoms with Crippen LogP contribution < -0.4 is 5.32 Å². The summed E-state index contributed by atoms with van der Waals surface area (Å²) in [7, 11) is -0.840. The summed E-state index contributed by atoms with van der Waals surface area (Å²) in [5.74, 6) is -0.711. The molecule has 2 heterocycles. The number of carbonyl (C=O) groups excluding carboxylic acids is 2. The highest BCUT2D eigenvalue weighted by Crippen LogP contribution is 2.31. The summed E-state index contributed by atoms with van der Waals surface area (Å²) in [6.45, 7) is 4.28. The Kier molecular flexibility index (Phi) is 6.28. The van der Waals surface area contributed by atoms with Gasteiger partial charge in [-0.1, -0.05) is 24.3 Å². The van der Waals surface area contributed by atoms with E-state index in [4.69, 9.17) is 0 Å². The van der Waals surface area contributed by atoms with Crippen LogP contribution in [0.5, 0.6) is 0 Å². The normalized spacial score (nSPS) is 16.6. The number of amides is 2. The molecule has 1 aromatic heterocycles. The van der Waals surface area contributed by atoms with E-state index in [0.29, 0.717) is 17.8 Å². The van der Waals surface area contributed by atoms with Crippen LogP contribution in [0.3, 0.4) is 0 Å². The van der Waals surface area contributed by atoms with E-state index in [-0.39, 0.29) is 22.9 Å². The second-order valence-electron chi connectivity index (χ2n) is 8.34. The molecule has 0 spiro atoms. The Balaban J connectivity index is 1.76. The maximum Gasteiger partial charge on any atom is 0.254 e. The van der Waals surface area contributed by atoms with E-state index in [2.05, 4.69) is 10.4 Å². The molecular weight excluding hydrogens is 454 g/mol. The zero-order valence-electron chi connectivity index (χ0n) is 19.5. The number of nitrogens with one attached hydrogen (secondary N) is 1. The first-order chi connectivity index (χ1) is 16.1. The van der Waals surface area contributed by atoms with Crippen molar-refractivity contribution < 1.29 is 18.0 Å². The van der Waals surface area contributed by atoms with Crippen molar-refractivity contribution in [2.75, 3.05) is 27.2 Å². The number of hydrogen-bond acceptors (Lipinski definition) is 5. The molecule has 1 aliphatic heterocycles. The molecule has 9 nitrogen and oxygen atoms in total. The lowest BCUT2D eigenvalue weighted by molar-refractivity contribution is -0.128. The molecule has 1 fully saturated rings. The first-order valence-corrected chi connectivity index (χ1v) is 12.3. The molecule has 0 aliphatic carbocycles. The van der Waals surface area contributed by atoms with Gasteiger partial charge in [0.15, 0.2) is 0 Å². The topological polar surface area (TPSA) is 105 Å². The van der Waals surface area contributed by atoms with E-state index in [1.165, 1.54) is 37.2 Å². The Morgan fingerprint density at radius 3 is 2.47 bits per heavy atom. The predicted octanol–water partition coefficient (Wildman–Crippen LogP) is 2.05. The van der Waals surface area contributed by atoms with Crippen LogP contribution in [0.25, 0.3) is 5.69 Å². The Bertz CT molecular complexity index is 1350. The molecule has 1 atom stereocenters. The standard InChI is InChI=1S/C24H27N5O4S/c1-16-21(17(2)29(26-16)19-10-6-5-7-11-19)22-23(30)25-13-14-28(22)24(31)18-9-8-12-20(15-18)34(32,33)27(3)4/h5-12,15,22H,13-14H2,1-4H3,(H,25,30)/t22-/m0/s1. The number of sulfonamides is 1. The third-order valence-corrected chi connectivity index (χ3v) is 7.76. The van der Waals surface area contributed by atoms with E-state index >= 15 is 0 Å². The van der Waals surface area contributed by atoms with Gasteiger partial charge < -0.3 is 10.2 Å². The van der Waals surface area contributed by atoms with Crippen LogP contribution in [0, 0.1) is 13.8 Å². The summed E-state index contributed by atoms with van der Waals surface area (Å²) in [6, 6.07) is 14.6. The minimum atomic E-state index is -3.71.